The Bertz CT molecular complexity index is 1100. The van der Waals surface area contributed by atoms with Gasteiger partial charge in [0.15, 0.2) is 5.65 Å². The second-order valence-electron chi connectivity index (χ2n) is 8.54. The molecule has 3 aromatic rings. The number of hydrogen-bond acceptors (Lipinski definition) is 8. The summed E-state index contributed by atoms with van der Waals surface area (Å²) in [6.45, 7) is 5.55. The maximum Gasteiger partial charge on any atom is 0.229 e. The van der Waals surface area contributed by atoms with Gasteiger partial charge in [0.1, 0.15) is 6.26 Å². The minimum absolute atomic E-state index is 0.0938. The van der Waals surface area contributed by atoms with E-state index >= 15 is 0 Å². The first-order valence-corrected chi connectivity index (χ1v) is 11.7. The highest BCUT2D eigenvalue weighted by molar-refractivity contribution is 5.96. The number of rotatable bonds is 8. The highest BCUT2D eigenvalue weighted by atomic mass is 16.5. The molecule has 10 heteroatoms. The Balaban J connectivity index is 1.36. The number of oxazole rings is 1. The van der Waals surface area contributed by atoms with Crippen LogP contribution in [0.1, 0.15) is 38.3 Å². The maximum atomic E-state index is 12.4. The van der Waals surface area contributed by atoms with Crippen LogP contribution < -0.4 is 10.6 Å². The van der Waals surface area contributed by atoms with Crippen molar-refractivity contribution in [2.45, 2.75) is 57.7 Å². The number of nitrogens with zero attached hydrogens (tertiary/aromatic N) is 4. The van der Waals surface area contributed by atoms with Crippen LogP contribution in [0.25, 0.3) is 22.5 Å². The number of carbonyl (C=O) groups excluding carboxylic acids is 1. The van der Waals surface area contributed by atoms with E-state index in [1.807, 2.05) is 17.8 Å². The van der Waals surface area contributed by atoms with Gasteiger partial charge < -0.3 is 24.5 Å². The first-order chi connectivity index (χ1) is 16.2. The lowest BCUT2D eigenvalue weighted by molar-refractivity contribution is -0.121. The summed E-state index contributed by atoms with van der Waals surface area (Å²) < 4.78 is 18.7. The molecule has 0 bridgehead atoms. The van der Waals surface area contributed by atoms with E-state index in [-0.39, 0.29) is 24.5 Å². The van der Waals surface area contributed by atoms with E-state index in [4.69, 9.17) is 13.9 Å². The zero-order valence-corrected chi connectivity index (χ0v) is 18.9. The number of anilines is 1. The van der Waals surface area contributed by atoms with Crippen molar-refractivity contribution in [1.29, 1.82) is 0 Å². The quantitative estimate of drug-likeness (QED) is 0.533. The van der Waals surface area contributed by atoms with Crippen molar-refractivity contribution in [3.05, 3.63) is 24.4 Å². The molecule has 1 atom stereocenters. The number of hydrogen-bond donors (Lipinski definition) is 2. The van der Waals surface area contributed by atoms with Gasteiger partial charge in [0, 0.05) is 45.1 Å². The molecule has 0 saturated carbocycles. The fraction of sp³-hybridized carbons (Fsp3) is 0.565. The minimum atomic E-state index is -0.0938. The minimum Gasteiger partial charge on any atom is -0.444 e. The third kappa shape index (κ3) is 4.86. The Morgan fingerprint density at radius 2 is 2.09 bits per heavy atom. The van der Waals surface area contributed by atoms with Crippen LogP contribution in [-0.4, -0.2) is 64.2 Å². The van der Waals surface area contributed by atoms with Gasteiger partial charge in [-0.2, -0.15) is 5.10 Å². The lowest BCUT2D eigenvalue weighted by Gasteiger charge is -2.25. The number of carbonyl (C=O) groups is 1. The molecule has 5 heterocycles. The van der Waals surface area contributed by atoms with Crippen molar-refractivity contribution in [2.24, 2.45) is 0 Å². The number of fused-ring (bicyclic) bond motifs is 1. The van der Waals surface area contributed by atoms with Crippen LogP contribution >= 0.6 is 0 Å². The summed E-state index contributed by atoms with van der Waals surface area (Å²) in [6.07, 6.45) is 9.29. The molecule has 0 aliphatic carbocycles. The van der Waals surface area contributed by atoms with Crippen LogP contribution in [0.4, 0.5) is 5.69 Å². The predicted octanol–water partition coefficient (Wildman–Crippen LogP) is 2.53. The fourth-order valence-corrected chi connectivity index (χ4v) is 4.39. The largest absolute Gasteiger partial charge is 0.444 e. The highest BCUT2D eigenvalue weighted by Gasteiger charge is 2.22. The summed E-state index contributed by atoms with van der Waals surface area (Å²) in [6, 6.07) is 0.283. The van der Waals surface area contributed by atoms with Gasteiger partial charge in [-0.1, -0.05) is 0 Å². The van der Waals surface area contributed by atoms with Crippen molar-refractivity contribution in [1.82, 2.24) is 25.1 Å². The molecule has 2 aliphatic heterocycles. The number of nitrogens with one attached hydrogen (secondary N) is 2. The summed E-state index contributed by atoms with van der Waals surface area (Å²) in [5, 5.41) is 12.0. The van der Waals surface area contributed by atoms with Crippen molar-refractivity contribution in [3.8, 4) is 11.5 Å². The smallest absolute Gasteiger partial charge is 0.229 e. The molecule has 2 aliphatic rings. The summed E-state index contributed by atoms with van der Waals surface area (Å²) in [7, 11) is 0. The molecule has 0 spiro atoms. The summed E-state index contributed by atoms with van der Waals surface area (Å²) in [5.74, 6) is 0.342. The number of ether oxygens (including phenoxy) is 2. The van der Waals surface area contributed by atoms with Crippen molar-refractivity contribution < 1.29 is 18.7 Å². The Kier molecular flexibility index (Phi) is 6.54. The van der Waals surface area contributed by atoms with Gasteiger partial charge in [-0.15, -0.1) is 0 Å². The number of aryl methyl sites for hydroxylation is 1. The molecule has 33 heavy (non-hydrogen) atoms. The van der Waals surface area contributed by atoms with Gasteiger partial charge in [-0.05, 0) is 32.6 Å². The van der Waals surface area contributed by atoms with Crippen LogP contribution in [0.15, 0.2) is 23.1 Å². The Morgan fingerprint density at radius 1 is 1.21 bits per heavy atom. The summed E-state index contributed by atoms with van der Waals surface area (Å²) >= 11 is 0. The highest BCUT2D eigenvalue weighted by Crippen LogP contribution is 2.34. The molecule has 0 aromatic carbocycles. The summed E-state index contributed by atoms with van der Waals surface area (Å²) in [4.78, 5) is 21.6. The van der Waals surface area contributed by atoms with Crippen molar-refractivity contribution in [3.63, 3.8) is 0 Å². The monoisotopic (exact) mass is 454 g/mol. The average Bonchev–Trinajstić information content (AvgIpc) is 3.59. The van der Waals surface area contributed by atoms with E-state index in [1.54, 1.807) is 12.5 Å². The van der Waals surface area contributed by atoms with Gasteiger partial charge in [-0.25, -0.2) is 14.6 Å². The third-order valence-electron chi connectivity index (χ3n) is 6.21. The zero-order valence-electron chi connectivity index (χ0n) is 18.9. The predicted molar refractivity (Wildman–Crippen MR) is 122 cm³/mol. The maximum absolute atomic E-state index is 12.4. The van der Waals surface area contributed by atoms with E-state index in [1.165, 1.54) is 0 Å². The van der Waals surface area contributed by atoms with Gasteiger partial charge in [0.05, 0.1) is 41.1 Å². The first-order valence-electron chi connectivity index (χ1n) is 11.7. The zero-order chi connectivity index (χ0) is 22.6. The Hall–Kier alpha value is -2.98. The number of amides is 1. The average molecular weight is 455 g/mol. The van der Waals surface area contributed by atoms with E-state index < -0.39 is 0 Å². The van der Waals surface area contributed by atoms with E-state index in [0.717, 1.165) is 74.3 Å². The molecule has 5 rings (SSSR count). The van der Waals surface area contributed by atoms with Crippen LogP contribution in [-0.2, 0) is 27.2 Å². The molecule has 0 radical (unpaired) electrons. The molecular weight excluding hydrogens is 424 g/mol. The van der Waals surface area contributed by atoms with E-state index in [2.05, 4.69) is 25.7 Å². The van der Waals surface area contributed by atoms with Crippen molar-refractivity contribution >= 4 is 22.6 Å². The standard InChI is InChI=1S/C23H30N6O4/c1-2-29-22-18(13-26-29)21(27-15-5-8-31-9-6-15)19(12-25-22)23-28-16(14-33-23)10-20(30)24-11-17-4-3-7-32-17/h12-15,17H,2-11H2,1H3,(H,24,30)(H,25,27). The molecule has 2 fully saturated rings. The molecule has 1 amide bonds. The lowest BCUT2D eigenvalue weighted by atomic mass is 10.1. The molecule has 10 nitrogen and oxygen atoms in total. The van der Waals surface area contributed by atoms with Gasteiger partial charge in [0.25, 0.3) is 0 Å². The molecule has 2 saturated heterocycles. The van der Waals surface area contributed by atoms with Gasteiger partial charge in [-0.3, -0.25) is 4.79 Å². The normalized spacial score (nSPS) is 19.2. The second-order valence-corrected chi connectivity index (χ2v) is 8.54. The number of aromatic nitrogens is 4. The van der Waals surface area contributed by atoms with E-state index in [0.29, 0.717) is 18.1 Å². The second kappa shape index (κ2) is 9.88. The molecular formula is C23H30N6O4. The van der Waals surface area contributed by atoms with Crippen molar-refractivity contribution in [2.75, 3.05) is 31.7 Å². The Labute approximate surface area is 192 Å². The number of pyridine rings is 1. The molecule has 176 valence electrons. The molecule has 1 unspecified atom stereocenters. The Morgan fingerprint density at radius 3 is 2.88 bits per heavy atom. The molecule has 2 N–H and O–H groups in total. The van der Waals surface area contributed by atoms with Crippen LogP contribution in [0, 0.1) is 0 Å². The van der Waals surface area contributed by atoms with Crippen LogP contribution in [0.2, 0.25) is 0 Å². The third-order valence-corrected chi connectivity index (χ3v) is 6.21. The van der Waals surface area contributed by atoms with Crippen LogP contribution in [0.3, 0.4) is 0 Å². The molecule has 3 aromatic heterocycles. The van der Waals surface area contributed by atoms with E-state index in [9.17, 15) is 4.79 Å². The summed E-state index contributed by atoms with van der Waals surface area (Å²) in [5.41, 5.74) is 3.06. The van der Waals surface area contributed by atoms with Gasteiger partial charge in [0.2, 0.25) is 11.8 Å². The topological polar surface area (TPSA) is 116 Å². The lowest BCUT2D eigenvalue weighted by Crippen LogP contribution is -2.32. The SMILES string of the molecule is CCn1ncc2c(NC3CCOCC3)c(-c3nc(CC(=O)NCC4CCCO4)co3)cnc21. The first kappa shape index (κ1) is 21.8. The van der Waals surface area contributed by atoms with Crippen LogP contribution in [0.5, 0.6) is 0 Å². The van der Waals surface area contributed by atoms with Gasteiger partial charge >= 0.3 is 0 Å². The fourth-order valence-electron chi connectivity index (χ4n) is 4.39.